The van der Waals surface area contributed by atoms with Crippen molar-refractivity contribution in [2.24, 2.45) is 10.4 Å². The largest absolute Gasteiger partial charge is 0.388 e. The molecule has 1 unspecified atom stereocenters. The van der Waals surface area contributed by atoms with E-state index in [2.05, 4.69) is 62.4 Å². The summed E-state index contributed by atoms with van der Waals surface area (Å²) in [7, 11) is 0. The molecule has 116 valence electrons. The minimum atomic E-state index is -0.765. The van der Waals surface area contributed by atoms with E-state index >= 15 is 0 Å². The number of aliphatic imine (C=N–C) groups is 1. The number of nitrogens with zero attached hydrogens (tertiary/aromatic N) is 2. The molecule has 0 saturated heterocycles. The van der Waals surface area contributed by atoms with E-state index < -0.39 is 5.60 Å². The summed E-state index contributed by atoms with van der Waals surface area (Å²) in [5.74, 6) is 0. The second-order valence-corrected chi connectivity index (χ2v) is 7.05. The molecule has 1 aromatic rings. The number of rotatable bonds is 5. The number of nitrogens with one attached hydrogen (secondary N) is 1. The fraction of sp³-hybridized carbons (Fsp3) is 0.588. The number of aryl methyl sites for hydroxylation is 2. The standard InChI is InChI=1S/C17H27N3O/c1-14-5-7-15(8-6-14)9-10-17(21,16(2,3)4)11-20-13-18-12-19-20/h5-8,12,21H,9-11,13H2,1-4H3,(H,18,19). The number of β-amino-alcohol motifs (C(OH)–C–C–N with tert-alkyl or cyclic N) is 1. The quantitative estimate of drug-likeness (QED) is 0.875. The van der Waals surface area contributed by atoms with Gasteiger partial charge in [0.05, 0.1) is 11.9 Å². The summed E-state index contributed by atoms with van der Waals surface area (Å²) >= 11 is 0. The number of aliphatic hydroxyl groups is 1. The third-order valence-corrected chi connectivity index (χ3v) is 4.38. The van der Waals surface area contributed by atoms with Crippen molar-refractivity contribution in [1.82, 2.24) is 10.4 Å². The maximum atomic E-state index is 11.2. The first-order valence-corrected chi connectivity index (χ1v) is 7.57. The molecule has 1 atom stereocenters. The molecule has 4 heteroatoms. The Hall–Kier alpha value is -1.39. The van der Waals surface area contributed by atoms with Crippen molar-refractivity contribution in [2.45, 2.75) is 46.1 Å². The van der Waals surface area contributed by atoms with E-state index in [1.807, 2.05) is 5.01 Å². The van der Waals surface area contributed by atoms with Gasteiger partial charge in [-0.1, -0.05) is 50.6 Å². The van der Waals surface area contributed by atoms with E-state index in [0.29, 0.717) is 13.2 Å². The molecule has 0 bridgehead atoms. The molecule has 1 aliphatic heterocycles. The molecule has 4 nitrogen and oxygen atoms in total. The predicted octanol–water partition coefficient (Wildman–Crippen LogP) is 2.51. The highest BCUT2D eigenvalue weighted by atomic mass is 16.3. The van der Waals surface area contributed by atoms with Crippen LogP contribution in [0.3, 0.4) is 0 Å². The SMILES string of the molecule is Cc1ccc(CCC(O)(CN2CN=CN2)C(C)(C)C)cc1. The van der Waals surface area contributed by atoms with Crippen LogP contribution in [0.4, 0.5) is 0 Å². The Morgan fingerprint density at radius 2 is 1.90 bits per heavy atom. The Bertz CT molecular complexity index is 482. The van der Waals surface area contributed by atoms with Crippen LogP contribution in [0.5, 0.6) is 0 Å². The average molecular weight is 289 g/mol. The van der Waals surface area contributed by atoms with Crippen molar-refractivity contribution in [3.8, 4) is 0 Å². The highest BCUT2D eigenvalue weighted by molar-refractivity contribution is 5.55. The number of hydrazine groups is 1. The van der Waals surface area contributed by atoms with E-state index in [1.165, 1.54) is 11.1 Å². The Morgan fingerprint density at radius 3 is 2.43 bits per heavy atom. The fourth-order valence-corrected chi connectivity index (χ4v) is 2.51. The van der Waals surface area contributed by atoms with Crippen LogP contribution in [0.15, 0.2) is 29.3 Å². The summed E-state index contributed by atoms with van der Waals surface area (Å²) in [6.07, 6.45) is 3.30. The Balaban J connectivity index is 2.03. The molecule has 21 heavy (non-hydrogen) atoms. The van der Waals surface area contributed by atoms with Crippen LogP contribution < -0.4 is 5.43 Å². The van der Waals surface area contributed by atoms with Crippen LogP contribution in [0.1, 0.15) is 38.3 Å². The van der Waals surface area contributed by atoms with E-state index in [1.54, 1.807) is 6.34 Å². The molecule has 0 fully saturated rings. The lowest BCUT2D eigenvalue weighted by atomic mass is 9.73. The minimum Gasteiger partial charge on any atom is -0.388 e. The van der Waals surface area contributed by atoms with Crippen LogP contribution in [0.2, 0.25) is 0 Å². The monoisotopic (exact) mass is 289 g/mol. The summed E-state index contributed by atoms with van der Waals surface area (Å²) < 4.78 is 0. The zero-order chi connectivity index (χ0) is 15.5. The Labute approximate surface area is 127 Å². The van der Waals surface area contributed by atoms with Gasteiger partial charge in [-0.2, -0.15) is 5.01 Å². The van der Waals surface area contributed by atoms with Gasteiger partial charge in [0.1, 0.15) is 6.67 Å². The summed E-state index contributed by atoms with van der Waals surface area (Å²) in [6.45, 7) is 9.55. The third-order valence-electron chi connectivity index (χ3n) is 4.38. The molecule has 0 radical (unpaired) electrons. The highest BCUT2D eigenvalue weighted by Crippen LogP contribution is 2.35. The lowest BCUT2D eigenvalue weighted by Crippen LogP contribution is -2.54. The van der Waals surface area contributed by atoms with Crippen LogP contribution in [0.25, 0.3) is 0 Å². The van der Waals surface area contributed by atoms with Gasteiger partial charge in [-0.15, -0.1) is 0 Å². The Kier molecular flexibility index (Phi) is 4.69. The average Bonchev–Trinajstić information content (AvgIpc) is 2.89. The summed E-state index contributed by atoms with van der Waals surface area (Å²) in [4.78, 5) is 4.14. The normalized spacial score (nSPS) is 18.5. The molecule has 0 aliphatic carbocycles. The van der Waals surface area contributed by atoms with E-state index in [9.17, 15) is 5.11 Å². The molecule has 0 aromatic heterocycles. The van der Waals surface area contributed by atoms with Crippen LogP contribution >= 0.6 is 0 Å². The van der Waals surface area contributed by atoms with Crippen LogP contribution in [-0.2, 0) is 6.42 Å². The molecular formula is C17H27N3O. The predicted molar refractivity (Wildman–Crippen MR) is 87.1 cm³/mol. The van der Waals surface area contributed by atoms with Crippen molar-refractivity contribution in [2.75, 3.05) is 13.2 Å². The first-order chi connectivity index (χ1) is 9.80. The van der Waals surface area contributed by atoms with Gasteiger partial charge in [0, 0.05) is 6.54 Å². The van der Waals surface area contributed by atoms with Crippen molar-refractivity contribution < 1.29 is 5.11 Å². The molecule has 0 saturated carbocycles. The maximum absolute atomic E-state index is 11.2. The van der Waals surface area contributed by atoms with Gasteiger partial charge < -0.3 is 10.5 Å². The van der Waals surface area contributed by atoms with E-state index in [4.69, 9.17) is 0 Å². The van der Waals surface area contributed by atoms with Crippen molar-refractivity contribution in [3.63, 3.8) is 0 Å². The van der Waals surface area contributed by atoms with E-state index in [0.717, 1.165) is 12.8 Å². The molecule has 2 N–H and O–H groups in total. The molecule has 0 spiro atoms. The number of benzene rings is 1. The lowest BCUT2D eigenvalue weighted by molar-refractivity contribution is -0.0883. The van der Waals surface area contributed by atoms with Gasteiger partial charge in [0.25, 0.3) is 0 Å². The smallest absolute Gasteiger partial charge is 0.110 e. The van der Waals surface area contributed by atoms with Gasteiger partial charge >= 0.3 is 0 Å². The van der Waals surface area contributed by atoms with Gasteiger partial charge in [0.2, 0.25) is 0 Å². The molecule has 1 aliphatic rings. The maximum Gasteiger partial charge on any atom is 0.110 e. The van der Waals surface area contributed by atoms with Gasteiger partial charge in [-0.3, -0.25) is 4.99 Å². The minimum absolute atomic E-state index is 0.192. The van der Waals surface area contributed by atoms with Crippen molar-refractivity contribution in [1.29, 1.82) is 0 Å². The van der Waals surface area contributed by atoms with Gasteiger partial charge in [0.15, 0.2) is 0 Å². The van der Waals surface area contributed by atoms with Crippen molar-refractivity contribution in [3.05, 3.63) is 35.4 Å². The van der Waals surface area contributed by atoms with Gasteiger partial charge in [-0.05, 0) is 30.7 Å². The van der Waals surface area contributed by atoms with Crippen molar-refractivity contribution >= 4 is 6.34 Å². The van der Waals surface area contributed by atoms with E-state index in [-0.39, 0.29) is 5.41 Å². The first kappa shape index (κ1) is 16.0. The highest BCUT2D eigenvalue weighted by Gasteiger charge is 2.41. The number of hydrogen-bond acceptors (Lipinski definition) is 4. The van der Waals surface area contributed by atoms with Crippen LogP contribution in [0, 0.1) is 12.3 Å². The topological polar surface area (TPSA) is 47.9 Å². The zero-order valence-electron chi connectivity index (χ0n) is 13.6. The molecule has 0 amide bonds. The first-order valence-electron chi connectivity index (χ1n) is 7.57. The summed E-state index contributed by atoms with van der Waals surface area (Å²) in [5.41, 5.74) is 4.65. The second kappa shape index (κ2) is 6.16. The van der Waals surface area contributed by atoms with Gasteiger partial charge in [-0.25, -0.2) is 0 Å². The molecule has 1 heterocycles. The second-order valence-electron chi connectivity index (χ2n) is 7.05. The molecule has 1 aromatic carbocycles. The fourth-order valence-electron chi connectivity index (χ4n) is 2.51. The lowest BCUT2D eigenvalue weighted by Gasteiger charge is -2.42. The number of hydrogen-bond donors (Lipinski definition) is 2. The zero-order valence-corrected chi connectivity index (χ0v) is 13.6. The molecule has 2 rings (SSSR count). The third kappa shape index (κ3) is 4.05. The summed E-state index contributed by atoms with van der Waals surface area (Å²) in [5, 5.41) is 13.1. The Morgan fingerprint density at radius 1 is 1.24 bits per heavy atom. The molecular weight excluding hydrogens is 262 g/mol. The van der Waals surface area contributed by atoms with Crippen LogP contribution in [-0.4, -0.2) is 35.3 Å². The summed E-state index contributed by atoms with van der Waals surface area (Å²) in [6, 6.07) is 8.55.